The van der Waals surface area contributed by atoms with Crippen LogP contribution < -0.4 is 0 Å². The Morgan fingerprint density at radius 1 is 1.13 bits per heavy atom. The summed E-state index contributed by atoms with van der Waals surface area (Å²) in [7, 11) is 0. The fourth-order valence-electron chi connectivity index (χ4n) is 2.33. The predicted octanol–water partition coefficient (Wildman–Crippen LogP) is 3.57. The van der Waals surface area contributed by atoms with Crippen molar-refractivity contribution in [2.45, 2.75) is 6.54 Å². The van der Waals surface area contributed by atoms with Gasteiger partial charge in [0, 0.05) is 24.5 Å². The molecule has 23 heavy (non-hydrogen) atoms. The van der Waals surface area contributed by atoms with Crippen LogP contribution in [0.2, 0.25) is 0 Å². The van der Waals surface area contributed by atoms with Crippen LogP contribution in [0, 0.1) is 11.6 Å². The number of rotatable bonds is 4. The minimum absolute atomic E-state index is 0.192. The molecular formula is C17H12F2N2O2. The van der Waals surface area contributed by atoms with Gasteiger partial charge in [0.15, 0.2) is 11.6 Å². The minimum atomic E-state index is -1.00. The normalized spacial score (nSPS) is 10.7. The highest BCUT2D eigenvalue weighted by Crippen LogP contribution is 2.21. The van der Waals surface area contributed by atoms with Crippen molar-refractivity contribution in [2.75, 3.05) is 0 Å². The summed E-state index contributed by atoms with van der Waals surface area (Å²) in [6.07, 6.45) is 3.25. The molecule has 1 N–H and O–H groups in total. The minimum Gasteiger partial charge on any atom is -0.478 e. The van der Waals surface area contributed by atoms with E-state index in [0.717, 1.165) is 17.7 Å². The molecule has 0 unspecified atom stereocenters. The Morgan fingerprint density at radius 3 is 2.70 bits per heavy atom. The first-order valence-electron chi connectivity index (χ1n) is 6.83. The number of hydrogen-bond acceptors (Lipinski definition) is 2. The number of aromatic carboxylic acids is 1. The van der Waals surface area contributed by atoms with Gasteiger partial charge < -0.3 is 9.67 Å². The Labute approximate surface area is 130 Å². The zero-order valence-corrected chi connectivity index (χ0v) is 11.9. The van der Waals surface area contributed by atoms with E-state index in [9.17, 15) is 13.6 Å². The van der Waals surface area contributed by atoms with E-state index in [-0.39, 0.29) is 5.56 Å². The lowest BCUT2D eigenvalue weighted by Crippen LogP contribution is -2.03. The van der Waals surface area contributed by atoms with Crippen molar-refractivity contribution in [3.63, 3.8) is 0 Å². The maximum atomic E-state index is 13.4. The number of aromatic nitrogens is 2. The fourth-order valence-corrected chi connectivity index (χ4v) is 2.33. The van der Waals surface area contributed by atoms with Gasteiger partial charge >= 0.3 is 5.97 Å². The molecule has 0 spiro atoms. The quantitative estimate of drug-likeness (QED) is 0.801. The van der Waals surface area contributed by atoms with Crippen LogP contribution in [0.3, 0.4) is 0 Å². The van der Waals surface area contributed by atoms with Gasteiger partial charge in [-0.1, -0.05) is 12.1 Å². The van der Waals surface area contributed by atoms with Crippen LogP contribution in [0.1, 0.15) is 15.9 Å². The van der Waals surface area contributed by atoms with Crippen molar-refractivity contribution in [1.29, 1.82) is 0 Å². The number of carbonyl (C=O) groups is 1. The summed E-state index contributed by atoms with van der Waals surface area (Å²) < 4.78 is 28.2. The molecule has 116 valence electrons. The Morgan fingerprint density at radius 2 is 1.96 bits per heavy atom. The molecule has 1 aromatic heterocycles. The Hall–Kier alpha value is -3.02. The van der Waals surface area contributed by atoms with Crippen LogP contribution in [0.15, 0.2) is 54.9 Å². The number of nitrogens with zero attached hydrogens (tertiary/aromatic N) is 2. The third-order valence-electron chi connectivity index (χ3n) is 3.42. The molecule has 3 rings (SSSR count). The lowest BCUT2D eigenvalue weighted by atomic mass is 10.1. The first-order chi connectivity index (χ1) is 11.0. The fraction of sp³-hybridized carbons (Fsp3) is 0.0588. The lowest BCUT2D eigenvalue weighted by molar-refractivity contribution is 0.0696. The maximum Gasteiger partial charge on any atom is 0.335 e. The van der Waals surface area contributed by atoms with E-state index < -0.39 is 17.6 Å². The third kappa shape index (κ3) is 3.11. The summed E-state index contributed by atoms with van der Waals surface area (Å²) in [5, 5.41) is 9.03. The number of carboxylic acid groups (broad SMARTS) is 1. The molecule has 3 aromatic rings. The molecule has 6 heteroatoms. The van der Waals surface area contributed by atoms with E-state index in [1.165, 1.54) is 12.1 Å². The van der Waals surface area contributed by atoms with Crippen LogP contribution in [0.4, 0.5) is 8.78 Å². The van der Waals surface area contributed by atoms with Crippen molar-refractivity contribution < 1.29 is 18.7 Å². The van der Waals surface area contributed by atoms with Gasteiger partial charge in [-0.3, -0.25) is 0 Å². The molecule has 0 radical (unpaired) electrons. The van der Waals surface area contributed by atoms with E-state index in [0.29, 0.717) is 17.9 Å². The molecule has 0 fully saturated rings. The van der Waals surface area contributed by atoms with Gasteiger partial charge in [-0.25, -0.2) is 18.6 Å². The second kappa shape index (κ2) is 6.00. The standard InChI is InChI=1S/C17H12F2N2O2/c18-14-5-4-12(9-15(14)19)16-20-6-7-21(16)10-11-2-1-3-13(8-11)17(22)23/h1-9H,10H2,(H,22,23). The molecular weight excluding hydrogens is 302 g/mol. The number of hydrogen-bond donors (Lipinski definition) is 1. The second-order valence-electron chi connectivity index (χ2n) is 5.01. The maximum absolute atomic E-state index is 13.4. The summed E-state index contributed by atoms with van der Waals surface area (Å²) in [5.41, 5.74) is 1.41. The average molecular weight is 314 g/mol. The molecule has 4 nitrogen and oxygen atoms in total. The van der Waals surface area contributed by atoms with E-state index in [1.54, 1.807) is 35.2 Å². The van der Waals surface area contributed by atoms with E-state index in [1.807, 2.05) is 0 Å². The molecule has 0 atom stereocenters. The van der Waals surface area contributed by atoms with Gasteiger partial charge in [-0.2, -0.15) is 0 Å². The number of imidazole rings is 1. The monoisotopic (exact) mass is 314 g/mol. The highest BCUT2D eigenvalue weighted by atomic mass is 19.2. The van der Waals surface area contributed by atoms with Gasteiger partial charge in [0.25, 0.3) is 0 Å². The summed E-state index contributed by atoms with van der Waals surface area (Å²) >= 11 is 0. The summed E-state index contributed by atoms with van der Waals surface area (Å²) in [6.45, 7) is 0.370. The van der Waals surface area contributed by atoms with Crippen LogP contribution in [-0.4, -0.2) is 20.6 Å². The van der Waals surface area contributed by atoms with Crippen LogP contribution in [0.5, 0.6) is 0 Å². The highest BCUT2D eigenvalue weighted by molar-refractivity contribution is 5.87. The zero-order chi connectivity index (χ0) is 16.4. The zero-order valence-electron chi connectivity index (χ0n) is 11.9. The smallest absolute Gasteiger partial charge is 0.335 e. The Balaban J connectivity index is 1.93. The first kappa shape index (κ1) is 14.9. The largest absolute Gasteiger partial charge is 0.478 e. The predicted molar refractivity (Wildman–Crippen MR) is 80.1 cm³/mol. The van der Waals surface area contributed by atoms with Gasteiger partial charge in [0.05, 0.1) is 5.56 Å². The van der Waals surface area contributed by atoms with Gasteiger partial charge in [-0.15, -0.1) is 0 Å². The van der Waals surface area contributed by atoms with E-state index in [2.05, 4.69) is 4.98 Å². The number of carboxylic acids is 1. The topological polar surface area (TPSA) is 55.1 Å². The van der Waals surface area contributed by atoms with Gasteiger partial charge in [0.2, 0.25) is 0 Å². The van der Waals surface area contributed by atoms with Crippen LogP contribution in [-0.2, 0) is 6.54 Å². The average Bonchev–Trinajstić information content (AvgIpc) is 2.98. The van der Waals surface area contributed by atoms with Crippen molar-refractivity contribution in [3.8, 4) is 11.4 Å². The van der Waals surface area contributed by atoms with Crippen LogP contribution in [0.25, 0.3) is 11.4 Å². The summed E-state index contributed by atoms with van der Waals surface area (Å²) in [4.78, 5) is 15.2. The number of halogens is 2. The van der Waals surface area contributed by atoms with E-state index >= 15 is 0 Å². The van der Waals surface area contributed by atoms with Gasteiger partial charge in [-0.05, 0) is 35.9 Å². The third-order valence-corrected chi connectivity index (χ3v) is 3.42. The molecule has 0 aliphatic rings. The first-order valence-corrected chi connectivity index (χ1v) is 6.83. The summed E-state index contributed by atoms with van der Waals surface area (Å²) in [6, 6.07) is 10.1. The van der Waals surface area contributed by atoms with Crippen molar-refractivity contribution in [2.24, 2.45) is 0 Å². The van der Waals surface area contributed by atoms with Crippen molar-refractivity contribution >= 4 is 5.97 Å². The Kier molecular flexibility index (Phi) is 3.89. The van der Waals surface area contributed by atoms with E-state index in [4.69, 9.17) is 5.11 Å². The van der Waals surface area contributed by atoms with Crippen LogP contribution >= 0.6 is 0 Å². The molecule has 0 amide bonds. The molecule has 0 saturated carbocycles. The molecule has 0 aliphatic heterocycles. The molecule has 0 bridgehead atoms. The lowest BCUT2D eigenvalue weighted by Gasteiger charge is -2.09. The number of benzene rings is 2. The Bertz CT molecular complexity index is 875. The summed E-state index contributed by atoms with van der Waals surface area (Å²) in [5.74, 6) is -2.38. The SMILES string of the molecule is O=C(O)c1cccc(Cn2ccnc2-c2ccc(F)c(F)c2)c1. The highest BCUT2D eigenvalue weighted by Gasteiger charge is 2.11. The van der Waals surface area contributed by atoms with Crippen molar-refractivity contribution in [3.05, 3.63) is 77.6 Å². The molecule has 1 heterocycles. The molecule has 0 aliphatic carbocycles. The molecule has 0 saturated heterocycles. The molecule has 2 aromatic carbocycles. The van der Waals surface area contributed by atoms with Crippen molar-refractivity contribution in [1.82, 2.24) is 9.55 Å². The van der Waals surface area contributed by atoms with Gasteiger partial charge in [0.1, 0.15) is 5.82 Å². The second-order valence-corrected chi connectivity index (χ2v) is 5.01.